The minimum atomic E-state index is -0.826. The summed E-state index contributed by atoms with van der Waals surface area (Å²) in [6, 6.07) is 58.3. The van der Waals surface area contributed by atoms with E-state index in [2.05, 4.69) is 179 Å². The zero-order valence-electron chi connectivity index (χ0n) is 32.9. The average Bonchev–Trinajstić information content (AvgIpc) is 3.93. The second-order valence-corrected chi connectivity index (χ2v) is 19.4. The second-order valence-electron chi connectivity index (χ2n) is 14.4. The Balaban J connectivity index is 0.000000140. The number of hydrogen-bond donors (Lipinski definition) is 0. The summed E-state index contributed by atoms with van der Waals surface area (Å²) in [7, 11) is 10.7. The predicted octanol–water partition coefficient (Wildman–Crippen LogP) is 14.3. The normalized spacial score (nSPS) is 11.0. The van der Waals surface area contributed by atoms with Crippen LogP contribution in [-0.2, 0) is 33.7 Å². The van der Waals surface area contributed by atoms with E-state index in [1.54, 1.807) is 0 Å². The standard InChI is InChI=1S/2C20H21.C12H7Si.2ClH.Zr/c2*1-3-4-8-16-9-5-6-11-18(16)19-12-7-10-17-13-15(2)14-20(17)19;1-3-7-11-9(5-1)10-6-2-4-8-12(10)13-11;;;/h2*5-7,9-14H,3-4,8H2,1-2H3;1-7H;2*1H;/q3*-1;;;+2/p-2. The maximum absolute atomic E-state index is 4.93. The van der Waals surface area contributed by atoms with Crippen molar-refractivity contribution in [3.63, 3.8) is 0 Å². The molecule has 8 aromatic rings. The molecule has 0 spiro atoms. The molecule has 0 saturated carbocycles. The molecule has 0 bridgehead atoms. The van der Waals surface area contributed by atoms with Crippen LogP contribution in [0, 0.1) is 19.9 Å². The van der Waals surface area contributed by atoms with E-state index in [9.17, 15) is 0 Å². The van der Waals surface area contributed by atoms with Crippen molar-refractivity contribution in [1.82, 2.24) is 0 Å². The van der Waals surface area contributed by atoms with E-state index in [4.69, 9.17) is 17.0 Å². The van der Waals surface area contributed by atoms with E-state index >= 15 is 0 Å². The SMILES string of the molecule is CCCCc1ccccc1-c1cccc2[cH-]c(C)cc12.CCCCc1ccccc1-c1cccc2[cH-]c(C)cc12.[Cl][Zr][Cl].[c-]1cccc2c1[Si]c1ccccc1-2. The van der Waals surface area contributed by atoms with Crippen LogP contribution in [0.15, 0.2) is 152 Å². The molecule has 0 saturated heterocycles. The van der Waals surface area contributed by atoms with Crippen LogP contribution in [0.4, 0.5) is 0 Å². The van der Waals surface area contributed by atoms with E-state index in [1.807, 2.05) is 6.07 Å². The van der Waals surface area contributed by atoms with Gasteiger partial charge in [0, 0.05) is 0 Å². The van der Waals surface area contributed by atoms with Crippen LogP contribution in [-0.4, -0.2) is 9.52 Å². The van der Waals surface area contributed by atoms with Crippen LogP contribution in [0.25, 0.3) is 54.9 Å². The number of unbranched alkanes of at least 4 members (excludes halogenated alkanes) is 2. The zero-order valence-corrected chi connectivity index (χ0v) is 37.9. The quantitative estimate of drug-likeness (QED) is 0.105. The molecule has 282 valence electrons. The van der Waals surface area contributed by atoms with Gasteiger partial charge in [-0.1, -0.05) is 147 Å². The van der Waals surface area contributed by atoms with Gasteiger partial charge in [-0.25, -0.2) is 0 Å². The molecule has 0 atom stereocenters. The monoisotopic (exact) mass is 861 g/mol. The van der Waals surface area contributed by atoms with Crippen molar-refractivity contribution in [2.45, 2.75) is 66.2 Å². The van der Waals surface area contributed by atoms with Crippen LogP contribution in [0.5, 0.6) is 0 Å². The van der Waals surface area contributed by atoms with Crippen molar-refractivity contribution in [3.8, 4) is 33.4 Å². The van der Waals surface area contributed by atoms with Crippen LogP contribution in [0.1, 0.15) is 61.8 Å². The van der Waals surface area contributed by atoms with Crippen molar-refractivity contribution in [1.29, 1.82) is 0 Å². The minimum Gasteiger partial charge on any atom is -0.184 e. The first-order chi connectivity index (χ1) is 27.4. The third kappa shape index (κ3) is 10.4. The molecular weight excluding hydrogens is 815 g/mol. The molecule has 9 rings (SSSR count). The largest absolute Gasteiger partial charge is 0.184 e. The Morgan fingerprint density at radius 3 is 1.50 bits per heavy atom. The third-order valence-electron chi connectivity index (χ3n) is 10.3. The van der Waals surface area contributed by atoms with Gasteiger partial charge in [0.15, 0.2) is 0 Å². The smallest absolute Gasteiger partial charge is 0.0920 e. The van der Waals surface area contributed by atoms with Gasteiger partial charge in [0.25, 0.3) is 0 Å². The van der Waals surface area contributed by atoms with Crippen LogP contribution in [0.3, 0.4) is 0 Å². The molecule has 0 unspecified atom stereocenters. The van der Waals surface area contributed by atoms with Gasteiger partial charge in [0.05, 0.1) is 9.52 Å². The molecular formula is C52H49Cl2SiZr-3. The Morgan fingerprint density at radius 1 is 0.536 bits per heavy atom. The number of benzene rings is 6. The van der Waals surface area contributed by atoms with Gasteiger partial charge in [-0.2, -0.15) is 41.6 Å². The molecule has 1 aliphatic rings. The fraction of sp³-hybridized carbons (Fsp3) is 0.192. The van der Waals surface area contributed by atoms with Gasteiger partial charge in [-0.3, -0.25) is 0 Å². The van der Waals surface area contributed by atoms with Gasteiger partial charge in [-0.05, 0) is 47.9 Å². The van der Waals surface area contributed by atoms with Crippen molar-refractivity contribution in [2.24, 2.45) is 0 Å². The summed E-state index contributed by atoms with van der Waals surface area (Å²) in [4.78, 5) is 0. The summed E-state index contributed by atoms with van der Waals surface area (Å²) in [6.07, 6.45) is 7.34. The van der Waals surface area contributed by atoms with E-state index in [0.717, 1.165) is 9.52 Å². The third-order valence-corrected chi connectivity index (χ3v) is 11.7. The summed E-state index contributed by atoms with van der Waals surface area (Å²) < 4.78 is 0. The molecule has 0 N–H and O–H groups in total. The summed E-state index contributed by atoms with van der Waals surface area (Å²) in [5.41, 5.74) is 14.0. The van der Waals surface area contributed by atoms with Crippen molar-refractivity contribution in [2.75, 3.05) is 0 Å². The molecule has 2 radical (unpaired) electrons. The maximum atomic E-state index is 4.93. The van der Waals surface area contributed by atoms with Crippen molar-refractivity contribution < 1.29 is 20.8 Å². The fourth-order valence-electron chi connectivity index (χ4n) is 7.70. The van der Waals surface area contributed by atoms with Gasteiger partial charge < -0.3 is 0 Å². The predicted molar refractivity (Wildman–Crippen MR) is 244 cm³/mol. The van der Waals surface area contributed by atoms with E-state index in [1.165, 1.54) is 126 Å². The summed E-state index contributed by atoms with van der Waals surface area (Å²) in [6.45, 7) is 8.85. The number of rotatable bonds is 8. The first-order valence-electron chi connectivity index (χ1n) is 19.8. The Morgan fingerprint density at radius 2 is 0.982 bits per heavy atom. The summed E-state index contributed by atoms with van der Waals surface area (Å²) in [5.74, 6) is 0. The molecule has 8 aromatic carbocycles. The maximum Gasteiger partial charge on any atom is 0.0920 e. The van der Waals surface area contributed by atoms with Crippen LogP contribution >= 0.6 is 17.0 Å². The Labute approximate surface area is 356 Å². The fourth-order valence-corrected chi connectivity index (χ4v) is 9.01. The molecule has 0 fully saturated rings. The molecule has 0 nitrogen and oxygen atoms in total. The summed E-state index contributed by atoms with van der Waals surface area (Å²) in [5, 5.41) is 8.29. The number of fused-ring (bicyclic) bond motifs is 5. The number of hydrogen-bond acceptors (Lipinski definition) is 0. The first-order valence-corrected chi connectivity index (χ1v) is 27.1. The van der Waals surface area contributed by atoms with Crippen LogP contribution in [0.2, 0.25) is 0 Å². The van der Waals surface area contributed by atoms with Gasteiger partial charge in [0.2, 0.25) is 0 Å². The van der Waals surface area contributed by atoms with Gasteiger partial charge >= 0.3 is 37.9 Å². The van der Waals surface area contributed by atoms with Crippen molar-refractivity contribution >= 4 is 58.5 Å². The van der Waals surface area contributed by atoms with Crippen molar-refractivity contribution in [3.05, 3.63) is 180 Å². The average molecular weight is 864 g/mol. The minimum absolute atomic E-state index is 0.795. The topological polar surface area (TPSA) is 0 Å². The number of halogens is 2. The Hall–Kier alpha value is -3.78. The number of aryl methyl sites for hydroxylation is 4. The zero-order chi connectivity index (χ0) is 39.3. The summed E-state index contributed by atoms with van der Waals surface area (Å²) >= 11 is -0.826. The van der Waals surface area contributed by atoms with E-state index in [-0.39, 0.29) is 0 Å². The molecule has 4 heteroatoms. The molecule has 1 heterocycles. The first kappa shape index (κ1) is 41.8. The molecule has 56 heavy (non-hydrogen) atoms. The van der Waals surface area contributed by atoms with Gasteiger partial charge in [0.1, 0.15) is 0 Å². The molecule has 1 aliphatic heterocycles. The molecule has 0 aliphatic carbocycles. The van der Waals surface area contributed by atoms with Crippen LogP contribution < -0.4 is 10.4 Å². The van der Waals surface area contributed by atoms with E-state index in [0.29, 0.717) is 0 Å². The molecule has 0 amide bonds. The Kier molecular flexibility index (Phi) is 15.8. The Bertz CT molecular complexity index is 2300. The second kappa shape index (κ2) is 21.1. The molecule has 0 aromatic heterocycles. The van der Waals surface area contributed by atoms with E-state index < -0.39 is 20.8 Å². The van der Waals surface area contributed by atoms with Gasteiger partial charge in [-0.15, -0.1) is 74.6 Å².